The summed E-state index contributed by atoms with van der Waals surface area (Å²) in [6, 6.07) is 13.7. The number of rotatable bonds is 9. The lowest BCUT2D eigenvalue weighted by Crippen LogP contribution is -1.98. The molecule has 0 aromatic heterocycles. The predicted molar refractivity (Wildman–Crippen MR) is 95.5 cm³/mol. The summed E-state index contributed by atoms with van der Waals surface area (Å²) in [5, 5.41) is 0. The van der Waals surface area contributed by atoms with Gasteiger partial charge in [-0.1, -0.05) is 63.4 Å². The number of aryl methyl sites for hydroxylation is 1. The molecule has 0 fully saturated rings. The number of ether oxygens (including phenoxy) is 1. The first kappa shape index (κ1) is 17.5. The molecule has 2 rings (SSSR count). The first-order valence-corrected chi connectivity index (χ1v) is 8.76. The summed E-state index contributed by atoms with van der Waals surface area (Å²) < 4.78 is 19.6. The molecule has 2 aromatic rings. The Morgan fingerprint density at radius 2 is 1.52 bits per heavy atom. The van der Waals surface area contributed by atoms with Crippen molar-refractivity contribution in [2.45, 2.75) is 52.4 Å². The highest BCUT2D eigenvalue weighted by Gasteiger charge is 2.06. The monoisotopic (exact) mass is 314 g/mol. The fourth-order valence-electron chi connectivity index (χ4n) is 2.57. The van der Waals surface area contributed by atoms with Crippen LogP contribution in [0.3, 0.4) is 0 Å². The Hall–Kier alpha value is -1.83. The van der Waals surface area contributed by atoms with Gasteiger partial charge in [-0.05, 0) is 48.1 Å². The zero-order chi connectivity index (χ0) is 16.5. The molecule has 2 aromatic carbocycles. The fraction of sp³-hybridized carbons (Fsp3) is 0.429. The Labute approximate surface area is 139 Å². The van der Waals surface area contributed by atoms with Gasteiger partial charge in [0.05, 0.1) is 6.61 Å². The molecule has 0 atom stereocenters. The van der Waals surface area contributed by atoms with Crippen molar-refractivity contribution in [1.82, 2.24) is 0 Å². The lowest BCUT2D eigenvalue weighted by atomic mass is 10.0. The van der Waals surface area contributed by atoms with Crippen molar-refractivity contribution in [3.05, 3.63) is 53.8 Å². The molecule has 0 N–H and O–H groups in total. The predicted octanol–water partition coefficient (Wildman–Crippen LogP) is 6.40. The highest BCUT2D eigenvalue weighted by atomic mass is 19.1. The van der Waals surface area contributed by atoms with Gasteiger partial charge in [0.1, 0.15) is 0 Å². The fourth-order valence-corrected chi connectivity index (χ4v) is 2.57. The number of unbranched alkanes of at least 4 members (excludes halogenated alkanes) is 3. The summed E-state index contributed by atoms with van der Waals surface area (Å²) in [7, 11) is 0. The minimum Gasteiger partial charge on any atom is -0.491 e. The first-order chi connectivity index (χ1) is 11.2. The van der Waals surface area contributed by atoms with Crippen molar-refractivity contribution in [2.24, 2.45) is 0 Å². The second-order valence-electron chi connectivity index (χ2n) is 6.00. The molecule has 0 aliphatic rings. The van der Waals surface area contributed by atoms with Crippen molar-refractivity contribution >= 4 is 0 Å². The van der Waals surface area contributed by atoms with Crippen LogP contribution in [0.4, 0.5) is 4.39 Å². The molecule has 0 heterocycles. The van der Waals surface area contributed by atoms with E-state index in [1.54, 1.807) is 12.1 Å². The maximum Gasteiger partial charge on any atom is 0.165 e. The Bertz CT molecular complexity index is 589. The lowest BCUT2D eigenvalue weighted by Gasteiger charge is -2.09. The summed E-state index contributed by atoms with van der Waals surface area (Å²) in [4.78, 5) is 0. The maximum absolute atomic E-state index is 14.1. The largest absolute Gasteiger partial charge is 0.491 e. The second kappa shape index (κ2) is 9.34. The van der Waals surface area contributed by atoms with Crippen molar-refractivity contribution in [1.29, 1.82) is 0 Å². The minimum absolute atomic E-state index is 0.286. The van der Waals surface area contributed by atoms with Gasteiger partial charge in [-0.15, -0.1) is 0 Å². The van der Waals surface area contributed by atoms with Gasteiger partial charge in [0.15, 0.2) is 11.6 Å². The highest BCUT2D eigenvalue weighted by Crippen LogP contribution is 2.26. The molecule has 2 heteroatoms. The topological polar surface area (TPSA) is 9.23 Å². The Balaban J connectivity index is 2.02. The highest BCUT2D eigenvalue weighted by molar-refractivity contribution is 5.64. The van der Waals surface area contributed by atoms with E-state index >= 15 is 0 Å². The molecule has 0 bridgehead atoms. The number of hydrogen-bond donors (Lipinski definition) is 0. The third-order valence-corrected chi connectivity index (χ3v) is 4.04. The van der Waals surface area contributed by atoms with Crippen LogP contribution in [0.1, 0.15) is 51.5 Å². The first-order valence-electron chi connectivity index (χ1n) is 8.76. The van der Waals surface area contributed by atoms with E-state index in [9.17, 15) is 4.39 Å². The Kier molecular flexibility index (Phi) is 7.12. The SMILES string of the molecule is CCCCCc1ccc(-c2ccc(OCCCC)c(F)c2)cc1. The van der Waals surface area contributed by atoms with Gasteiger partial charge in [-0.25, -0.2) is 4.39 Å². The van der Waals surface area contributed by atoms with E-state index in [-0.39, 0.29) is 5.82 Å². The molecule has 23 heavy (non-hydrogen) atoms. The molecule has 0 aliphatic carbocycles. The maximum atomic E-state index is 14.1. The minimum atomic E-state index is -0.286. The molecule has 0 amide bonds. The van der Waals surface area contributed by atoms with E-state index in [2.05, 4.69) is 38.1 Å². The summed E-state index contributed by atoms with van der Waals surface area (Å²) in [6.07, 6.45) is 6.85. The Morgan fingerprint density at radius 3 is 2.17 bits per heavy atom. The standard InChI is InChI=1S/C21H27FO/c1-3-5-7-8-17-9-11-18(12-10-17)19-13-14-21(20(22)16-19)23-15-6-4-2/h9-14,16H,3-8,15H2,1-2H3. The summed E-state index contributed by atoms with van der Waals surface area (Å²) in [5.41, 5.74) is 3.29. The van der Waals surface area contributed by atoms with E-state index in [1.807, 2.05) is 6.07 Å². The van der Waals surface area contributed by atoms with Crippen molar-refractivity contribution in [2.75, 3.05) is 6.61 Å². The molecular formula is C21H27FO. The van der Waals surface area contributed by atoms with Crippen LogP contribution in [0.25, 0.3) is 11.1 Å². The van der Waals surface area contributed by atoms with Gasteiger partial charge in [0, 0.05) is 0 Å². The number of benzene rings is 2. The van der Waals surface area contributed by atoms with E-state index in [4.69, 9.17) is 4.74 Å². The van der Waals surface area contributed by atoms with Crippen LogP contribution in [-0.4, -0.2) is 6.61 Å². The van der Waals surface area contributed by atoms with E-state index in [0.29, 0.717) is 12.4 Å². The quantitative estimate of drug-likeness (QED) is 0.486. The van der Waals surface area contributed by atoms with Crippen molar-refractivity contribution < 1.29 is 9.13 Å². The molecule has 124 valence electrons. The smallest absolute Gasteiger partial charge is 0.165 e. The molecule has 1 nitrogen and oxygen atoms in total. The van der Waals surface area contributed by atoms with Gasteiger partial charge in [0.25, 0.3) is 0 Å². The summed E-state index contributed by atoms with van der Waals surface area (Å²) in [5.74, 6) is 0.0593. The molecule has 0 spiro atoms. The van der Waals surface area contributed by atoms with Crippen molar-refractivity contribution in [3.8, 4) is 16.9 Å². The third kappa shape index (κ3) is 5.38. The molecule has 0 unspecified atom stereocenters. The van der Waals surface area contributed by atoms with E-state index in [1.165, 1.54) is 24.8 Å². The van der Waals surface area contributed by atoms with Crippen LogP contribution in [0.15, 0.2) is 42.5 Å². The van der Waals surface area contributed by atoms with Crippen LogP contribution in [0, 0.1) is 5.82 Å². The van der Waals surface area contributed by atoms with E-state index < -0.39 is 0 Å². The molecule has 0 radical (unpaired) electrons. The molecular weight excluding hydrogens is 287 g/mol. The lowest BCUT2D eigenvalue weighted by molar-refractivity contribution is 0.294. The number of hydrogen-bond acceptors (Lipinski definition) is 1. The van der Waals surface area contributed by atoms with Gasteiger partial charge in [0.2, 0.25) is 0 Å². The summed E-state index contributed by atoms with van der Waals surface area (Å²) in [6.45, 7) is 4.88. The molecule has 0 saturated carbocycles. The zero-order valence-corrected chi connectivity index (χ0v) is 14.3. The second-order valence-corrected chi connectivity index (χ2v) is 6.00. The zero-order valence-electron chi connectivity index (χ0n) is 14.3. The Morgan fingerprint density at radius 1 is 0.826 bits per heavy atom. The average Bonchev–Trinajstić information content (AvgIpc) is 2.57. The van der Waals surface area contributed by atoms with Crippen LogP contribution >= 0.6 is 0 Å². The third-order valence-electron chi connectivity index (χ3n) is 4.04. The molecule has 0 saturated heterocycles. The van der Waals surface area contributed by atoms with Gasteiger partial charge in [-0.2, -0.15) is 0 Å². The average molecular weight is 314 g/mol. The van der Waals surface area contributed by atoms with Crippen molar-refractivity contribution in [3.63, 3.8) is 0 Å². The van der Waals surface area contributed by atoms with Gasteiger partial charge >= 0.3 is 0 Å². The van der Waals surface area contributed by atoms with Gasteiger partial charge < -0.3 is 4.74 Å². The van der Waals surface area contributed by atoms with Crippen LogP contribution in [0.2, 0.25) is 0 Å². The van der Waals surface area contributed by atoms with Gasteiger partial charge in [-0.3, -0.25) is 0 Å². The molecule has 0 aliphatic heterocycles. The number of halogens is 1. The van der Waals surface area contributed by atoms with Crippen LogP contribution in [0.5, 0.6) is 5.75 Å². The summed E-state index contributed by atoms with van der Waals surface area (Å²) >= 11 is 0. The van der Waals surface area contributed by atoms with E-state index in [0.717, 1.165) is 30.4 Å². The normalized spacial score (nSPS) is 10.7. The van der Waals surface area contributed by atoms with Crippen LogP contribution < -0.4 is 4.74 Å². The van der Waals surface area contributed by atoms with Crippen LogP contribution in [-0.2, 0) is 6.42 Å².